The lowest BCUT2D eigenvalue weighted by Crippen LogP contribution is -2.28. The Hall–Kier alpha value is -2.78. The van der Waals surface area contributed by atoms with E-state index in [-0.39, 0.29) is 4.90 Å². The van der Waals surface area contributed by atoms with Crippen molar-refractivity contribution in [2.45, 2.75) is 11.8 Å². The van der Waals surface area contributed by atoms with Crippen LogP contribution in [-0.2, 0) is 10.0 Å². The summed E-state index contributed by atoms with van der Waals surface area (Å²) in [5, 5.41) is 6.27. The Bertz CT molecular complexity index is 929. The molecule has 0 aromatic heterocycles. The van der Waals surface area contributed by atoms with Gasteiger partial charge in [-0.15, -0.1) is 6.58 Å². The molecule has 2 aromatic carbocycles. The van der Waals surface area contributed by atoms with Gasteiger partial charge in [0.15, 0.2) is 5.11 Å². The number of anilines is 2. The molecule has 2 aromatic rings. The van der Waals surface area contributed by atoms with E-state index < -0.39 is 10.0 Å². The fourth-order valence-electron chi connectivity index (χ4n) is 2.27. The van der Waals surface area contributed by atoms with Gasteiger partial charge in [0.1, 0.15) is 11.5 Å². The van der Waals surface area contributed by atoms with Crippen molar-refractivity contribution in [1.29, 1.82) is 0 Å². The van der Waals surface area contributed by atoms with E-state index in [1.165, 1.54) is 19.2 Å². The van der Waals surface area contributed by atoms with Gasteiger partial charge in [-0.1, -0.05) is 6.08 Å². The van der Waals surface area contributed by atoms with E-state index in [1.807, 2.05) is 6.92 Å². The Morgan fingerprint density at radius 2 is 1.93 bits per heavy atom. The number of hydrogen-bond acceptors (Lipinski definition) is 5. The summed E-state index contributed by atoms with van der Waals surface area (Å²) >= 11 is 5.16. The summed E-state index contributed by atoms with van der Waals surface area (Å²) in [6, 6.07) is 11.2. The van der Waals surface area contributed by atoms with Crippen LogP contribution in [-0.4, -0.2) is 33.8 Å². The summed E-state index contributed by atoms with van der Waals surface area (Å²) in [5.74, 6) is 1.01. The van der Waals surface area contributed by atoms with Gasteiger partial charge < -0.3 is 20.1 Å². The third-order valence-corrected chi connectivity index (χ3v) is 5.18. The minimum atomic E-state index is -3.79. The van der Waals surface area contributed by atoms with Gasteiger partial charge in [-0.2, -0.15) is 0 Å². The highest BCUT2D eigenvalue weighted by Crippen LogP contribution is 2.29. The molecule has 0 radical (unpaired) electrons. The second-order valence-electron chi connectivity index (χ2n) is 5.55. The van der Waals surface area contributed by atoms with Gasteiger partial charge in [0, 0.05) is 18.3 Å². The Morgan fingerprint density at radius 3 is 2.54 bits per heavy atom. The zero-order valence-corrected chi connectivity index (χ0v) is 17.3. The second-order valence-corrected chi connectivity index (χ2v) is 7.64. The zero-order valence-electron chi connectivity index (χ0n) is 15.7. The molecule has 0 unspecified atom stereocenters. The largest absolute Gasteiger partial charge is 0.495 e. The molecule has 3 N–H and O–H groups in total. The van der Waals surface area contributed by atoms with Gasteiger partial charge in [-0.25, -0.2) is 8.42 Å². The Morgan fingerprint density at radius 1 is 1.21 bits per heavy atom. The smallest absolute Gasteiger partial charge is 0.262 e. The van der Waals surface area contributed by atoms with Crippen LogP contribution in [0, 0.1) is 0 Å². The quantitative estimate of drug-likeness (QED) is 0.423. The molecule has 0 spiro atoms. The van der Waals surface area contributed by atoms with Gasteiger partial charge in [0.05, 0.1) is 24.3 Å². The lowest BCUT2D eigenvalue weighted by Gasteiger charge is -2.15. The molecule has 0 heterocycles. The van der Waals surface area contributed by atoms with Crippen LogP contribution in [0.5, 0.6) is 11.5 Å². The first-order valence-corrected chi connectivity index (χ1v) is 10.4. The van der Waals surface area contributed by atoms with Crippen LogP contribution in [0.4, 0.5) is 11.4 Å². The lowest BCUT2D eigenvalue weighted by atomic mass is 10.3. The summed E-state index contributed by atoms with van der Waals surface area (Å²) in [6.07, 6.45) is 1.67. The van der Waals surface area contributed by atoms with Crippen molar-refractivity contribution in [2.24, 2.45) is 0 Å². The van der Waals surface area contributed by atoms with Crippen LogP contribution in [0.1, 0.15) is 6.92 Å². The van der Waals surface area contributed by atoms with Crippen LogP contribution in [0.3, 0.4) is 0 Å². The fourth-order valence-corrected chi connectivity index (χ4v) is 3.54. The van der Waals surface area contributed by atoms with Crippen molar-refractivity contribution in [3.05, 3.63) is 55.1 Å². The molecular weight excluding hydrogens is 398 g/mol. The molecule has 0 saturated carbocycles. The molecule has 0 saturated heterocycles. The average molecular weight is 422 g/mol. The Kier molecular flexibility index (Phi) is 7.65. The molecule has 0 amide bonds. The molecule has 150 valence electrons. The number of methoxy groups -OCH3 is 1. The van der Waals surface area contributed by atoms with E-state index in [4.69, 9.17) is 21.7 Å². The average Bonchev–Trinajstić information content (AvgIpc) is 2.68. The monoisotopic (exact) mass is 421 g/mol. The van der Waals surface area contributed by atoms with Crippen molar-refractivity contribution >= 4 is 38.7 Å². The normalized spacial score (nSPS) is 10.6. The van der Waals surface area contributed by atoms with E-state index in [1.54, 1.807) is 36.4 Å². The first-order chi connectivity index (χ1) is 13.4. The van der Waals surface area contributed by atoms with Gasteiger partial charge in [0.25, 0.3) is 10.0 Å². The van der Waals surface area contributed by atoms with Crippen molar-refractivity contribution in [2.75, 3.05) is 30.3 Å². The summed E-state index contributed by atoms with van der Waals surface area (Å²) in [6.45, 7) is 6.53. The molecule has 2 rings (SSSR count). The number of sulfonamides is 1. The predicted octanol–water partition coefficient (Wildman–Crippen LogP) is 3.37. The van der Waals surface area contributed by atoms with Crippen molar-refractivity contribution < 1.29 is 17.9 Å². The molecule has 0 atom stereocenters. The van der Waals surface area contributed by atoms with Crippen LogP contribution < -0.4 is 24.8 Å². The number of hydrogen-bond donors (Lipinski definition) is 3. The summed E-state index contributed by atoms with van der Waals surface area (Å²) in [7, 11) is -2.34. The molecule has 0 aliphatic rings. The minimum Gasteiger partial charge on any atom is -0.495 e. The van der Waals surface area contributed by atoms with Crippen molar-refractivity contribution in [3.8, 4) is 11.5 Å². The van der Waals surface area contributed by atoms with Gasteiger partial charge >= 0.3 is 0 Å². The fraction of sp³-hybridized carbons (Fsp3) is 0.211. The number of nitrogens with one attached hydrogen (secondary N) is 3. The van der Waals surface area contributed by atoms with Gasteiger partial charge in [0.2, 0.25) is 0 Å². The predicted molar refractivity (Wildman–Crippen MR) is 116 cm³/mol. The highest BCUT2D eigenvalue weighted by Gasteiger charge is 2.17. The SMILES string of the molecule is C=CCNC(=S)Nc1ccc(S(=O)(=O)Nc2ccc(OCC)cc2)cc1OC. The van der Waals surface area contributed by atoms with E-state index in [9.17, 15) is 8.42 Å². The van der Waals surface area contributed by atoms with E-state index in [2.05, 4.69) is 21.9 Å². The standard InChI is InChI=1S/C19H23N3O4S2/c1-4-12-20-19(27)21-17-11-10-16(13-18(17)25-3)28(23,24)22-14-6-8-15(9-7-14)26-5-2/h4,6-11,13,22H,1,5,12H2,2-3H3,(H2,20,21,27). The highest BCUT2D eigenvalue weighted by molar-refractivity contribution is 7.92. The molecule has 0 fully saturated rings. The molecular formula is C19H23N3O4S2. The van der Waals surface area contributed by atoms with Crippen LogP contribution >= 0.6 is 12.2 Å². The Labute approximate surface area is 170 Å². The highest BCUT2D eigenvalue weighted by atomic mass is 32.2. The zero-order chi connectivity index (χ0) is 20.6. The minimum absolute atomic E-state index is 0.0637. The number of benzene rings is 2. The van der Waals surface area contributed by atoms with Crippen molar-refractivity contribution in [1.82, 2.24) is 5.32 Å². The molecule has 7 nitrogen and oxygen atoms in total. The summed E-state index contributed by atoms with van der Waals surface area (Å²) in [5.41, 5.74) is 0.975. The third-order valence-electron chi connectivity index (χ3n) is 3.56. The Balaban J connectivity index is 2.18. The molecule has 0 aliphatic carbocycles. The van der Waals surface area contributed by atoms with Gasteiger partial charge in [-0.3, -0.25) is 4.72 Å². The lowest BCUT2D eigenvalue weighted by molar-refractivity contribution is 0.340. The maximum atomic E-state index is 12.7. The van der Waals surface area contributed by atoms with Crippen molar-refractivity contribution in [3.63, 3.8) is 0 Å². The summed E-state index contributed by atoms with van der Waals surface area (Å²) in [4.78, 5) is 0.0637. The first-order valence-electron chi connectivity index (χ1n) is 8.49. The first kappa shape index (κ1) is 21.5. The second kappa shape index (κ2) is 9.95. The number of thiocarbonyl (C=S) groups is 1. The van der Waals surface area contributed by atoms with E-state index in [0.29, 0.717) is 41.1 Å². The molecule has 0 bridgehead atoms. The van der Waals surface area contributed by atoms with E-state index >= 15 is 0 Å². The maximum Gasteiger partial charge on any atom is 0.262 e. The topological polar surface area (TPSA) is 88.7 Å². The molecule has 9 heteroatoms. The molecule has 0 aliphatic heterocycles. The van der Waals surface area contributed by atoms with Crippen LogP contribution in [0.25, 0.3) is 0 Å². The van der Waals surface area contributed by atoms with Crippen LogP contribution in [0.2, 0.25) is 0 Å². The number of rotatable bonds is 9. The van der Waals surface area contributed by atoms with Crippen LogP contribution in [0.15, 0.2) is 60.0 Å². The van der Waals surface area contributed by atoms with E-state index in [0.717, 1.165) is 0 Å². The summed E-state index contributed by atoms with van der Waals surface area (Å²) < 4.78 is 38.6. The number of ether oxygens (including phenoxy) is 2. The maximum absolute atomic E-state index is 12.7. The van der Waals surface area contributed by atoms with Gasteiger partial charge in [-0.05, 0) is 55.5 Å². The third kappa shape index (κ3) is 5.86. The molecule has 28 heavy (non-hydrogen) atoms.